The minimum atomic E-state index is -0.445. The molecular formula is C35H54N4O6. The number of likely N-dealkylation sites (tertiary alicyclic amines) is 1. The first-order valence-corrected chi connectivity index (χ1v) is 15.7. The molecule has 2 heterocycles. The first-order chi connectivity index (χ1) is 21.2. The van der Waals surface area contributed by atoms with Gasteiger partial charge in [-0.15, -0.1) is 0 Å². The normalized spacial score (nSPS) is 15.8. The molecule has 0 aromatic heterocycles. The summed E-state index contributed by atoms with van der Waals surface area (Å²) in [6, 6.07) is 19.3. The molecule has 45 heavy (non-hydrogen) atoms. The van der Waals surface area contributed by atoms with Gasteiger partial charge in [-0.25, -0.2) is 9.59 Å². The van der Waals surface area contributed by atoms with Gasteiger partial charge in [0.05, 0.1) is 6.54 Å². The molecule has 0 bridgehead atoms. The fraction of sp³-hybridized carbons (Fsp3) is 0.571. The van der Waals surface area contributed by atoms with Crippen molar-refractivity contribution in [3.63, 3.8) is 0 Å². The van der Waals surface area contributed by atoms with Gasteiger partial charge in [0, 0.05) is 13.1 Å². The molecule has 2 aromatic carbocycles. The van der Waals surface area contributed by atoms with Crippen LogP contribution in [0.1, 0.15) is 65.0 Å². The maximum atomic E-state index is 11.9. The zero-order chi connectivity index (χ0) is 31.6. The number of hydrogen-bond donors (Lipinski definition) is 3. The van der Waals surface area contributed by atoms with E-state index in [2.05, 4.69) is 20.9 Å². The number of ether oxygens (including phenoxy) is 3. The summed E-state index contributed by atoms with van der Waals surface area (Å²) in [4.78, 5) is 37.3. The molecule has 0 saturated carbocycles. The molecule has 2 saturated heterocycles. The Bertz CT molecular complexity index is 1110. The van der Waals surface area contributed by atoms with Gasteiger partial charge in [0.2, 0.25) is 0 Å². The number of benzene rings is 2. The van der Waals surface area contributed by atoms with Gasteiger partial charge in [-0.1, -0.05) is 68.1 Å². The van der Waals surface area contributed by atoms with Crippen molar-refractivity contribution in [3.05, 3.63) is 71.8 Å². The Balaban J connectivity index is 0.000000326. The summed E-state index contributed by atoms with van der Waals surface area (Å²) < 4.78 is 15.7. The molecule has 2 fully saturated rings. The Morgan fingerprint density at radius 3 is 1.64 bits per heavy atom. The lowest BCUT2D eigenvalue weighted by Crippen LogP contribution is -2.42. The first-order valence-electron chi connectivity index (χ1n) is 15.7. The third kappa shape index (κ3) is 16.9. The fourth-order valence-corrected chi connectivity index (χ4v) is 4.99. The quantitative estimate of drug-likeness (QED) is 0.233. The predicted octanol–water partition coefficient (Wildman–Crippen LogP) is 5.52. The lowest BCUT2D eigenvalue weighted by molar-refractivity contribution is -0.156. The monoisotopic (exact) mass is 626 g/mol. The SMILES string of the molecule is C.CC(C)(C)OC(=O)CN1CCC(CNC(=O)OCc2ccccc2)CC1.O=C(NCC1CCNCC1)OCc1ccccc1. The summed E-state index contributed by atoms with van der Waals surface area (Å²) in [6.07, 6.45) is 3.43. The summed E-state index contributed by atoms with van der Waals surface area (Å²) in [7, 11) is 0. The Hall–Kier alpha value is -3.63. The van der Waals surface area contributed by atoms with E-state index in [1.807, 2.05) is 81.4 Å². The van der Waals surface area contributed by atoms with Gasteiger partial charge in [0.15, 0.2) is 0 Å². The average molecular weight is 627 g/mol. The molecule has 10 heteroatoms. The van der Waals surface area contributed by atoms with E-state index >= 15 is 0 Å². The molecular weight excluding hydrogens is 572 g/mol. The van der Waals surface area contributed by atoms with E-state index in [9.17, 15) is 14.4 Å². The van der Waals surface area contributed by atoms with E-state index in [0.29, 0.717) is 31.5 Å². The van der Waals surface area contributed by atoms with Gasteiger partial charge in [-0.3, -0.25) is 9.69 Å². The van der Waals surface area contributed by atoms with Crippen LogP contribution in [0.4, 0.5) is 9.59 Å². The average Bonchev–Trinajstić information content (AvgIpc) is 3.02. The van der Waals surface area contributed by atoms with Gasteiger partial charge in [-0.05, 0) is 95.6 Å². The number of rotatable bonds is 10. The summed E-state index contributed by atoms with van der Waals surface area (Å²) in [5.41, 5.74) is 1.53. The van der Waals surface area contributed by atoms with Crippen LogP contribution in [-0.4, -0.2) is 74.5 Å². The lowest BCUT2D eigenvalue weighted by atomic mass is 9.97. The van der Waals surface area contributed by atoms with Crippen molar-refractivity contribution in [2.24, 2.45) is 11.8 Å². The lowest BCUT2D eigenvalue weighted by Gasteiger charge is -2.32. The van der Waals surface area contributed by atoms with Crippen LogP contribution < -0.4 is 16.0 Å². The van der Waals surface area contributed by atoms with Crippen molar-refractivity contribution in [2.45, 2.75) is 72.7 Å². The summed E-state index contributed by atoms with van der Waals surface area (Å²) >= 11 is 0. The molecule has 250 valence electrons. The molecule has 4 rings (SSSR count). The van der Waals surface area contributed by atoms with Crippen molar-refractivity contribution in [1.29, 1.82) is 0 Å². The highest BCUT2D eigenvalue weighted by Gasteiger charge is 2.24. The van der Waals surface area contributed by atoms with Crippen LogP contribution in [0.15, 0.2) is 60.7 Å². The molecule has 10 nitrogen and oxygen atoms in total. The van der Waals surface area contributed by atoms with E-state index in [1.54, 1.807) is 0 Å². The standard InChI is InChI=1S/C20H30N2O4.C14H20N2O2.CH4/c1-20(2,3)26-18(23)14-22-11-9-16(10-12-22)13-21-19(24)25-15-17-7-5-4-6-8-17;17-14(16-10-12-6-8-15-9-7-12)18-11-13-4-2-1-3-5-13;/h4-8,16H,9-15H2,1-3H3,(H,21,24);1-5,12,15H,6-11H2,(H,16,17);1H4. The molecule has 3 N–H and O–H groups in total. The molecule has 2 aliphatic rings. The smallest absolute Gasteiger partial charge is 0.407 e. The van der Waals surface area contributed by atoms with Crippen molar-refractivity contribution in [2.75, 3.05) is 45.8 Å². The number of hydrogen-bond acceptors (Lipinski definition) is 8. The van der Waals surface area contributed by atoms with Gasteiger partial charge in [0.1, 0.15) is 18.8 Å². The highest BCUT2D eigenvalue weighted by molar-refractivity contribution is 5.72. The number of piperidine rings is 2. The summed E-state index contributed by atoms with van der Waals surface area (Å²) in [5, 5.41) is 8.98. The van der Waals surface area contributed by atoms with Crippen molar-refractivity contribution < 1.29 is 28.6 Å². The van der Waals surface area contributed by atoms with Gasteiger partial charge in [-0.2, -0.15) is 0 Å². The van der Waals surface area contributed by atoms with E-state index in [1.165, 1.54) is 0 Å². The minimum Gasteiger partial charge on any atom is -0.459 e. The van der Waals surface area contributed by atoms with Gasteiger partial charge in [0.25, 0.3) is 0 Å². The second-order valence-corrected chi connectivity index (χ2v) is 12.4. The Kier molecular flexibility index (Phi) is 17.0. The maximum absolute atomic E-state index is 11.9. The highest BCUT2D eigenvalue weighted by atomic mass is 16.6. The topological polar surface area (TPSA) is 118 Å². The fourth-order valence-electron chi connectivity index (χ4n) is 4.99. The molecule has 0 unspecified atom stereocenters. The van der Waals surface area contributed by atoms with E-state index in [0.717, 1.165) is 69.5 Å². The van der Waals surface area contributed by atoms with E-state index in [4.69, 9.17) is 14.2 Å². The number of nitrogens with zero attached hydrogens (tertiary/aromatic N) is 1. The molecule has 2 amide bonds. The number of nitrogens with one attached hydrogen (secondary N) is 3. The van der Waals surface area contributed by atoms with Crippen LogP contribution in [0.2, 0.25) is 0 Å². The van der Waals surface area contributed by atoms with Crippen LogP contribution in [0.5, 0.6) is 0 Å². The molecule has 0 aliphatic carbocycles. The predicted molar refractivity (Wildman–Crippen MR) is 177 cm³/mol. The second kappa shape index (κ2) is 20.4. The van der Waals surface area contributed by atoms with Crippen LogP contribution in [0, 0.1) is 11.8 Å². The van der Waals surface area contributed by atoms with E-state index in [-0.39, 0.29) is 32.2 Å². The number of carbonyl (C=O) groups is 3. The number of carbonyl (C=O) groups excluding carboxylic acids is 3. The van der Waals surface area contributed by atoms with Crippen LogP contribution >= 0.6 is 0 Å². The van der Waals surface area contributed by atoms with Crippen LogP contribution in [-0.2, 0) is 32.2 Å². The van der Waals surface area contributed by atoms with E-state index < -0.39 is 5.60 Å². The summed E-state index contributed by atoms with van der Waals surface area (Å²) in [5.74, 6) is 0.809. The van der Waals surface area contributed by atoms with Gasteiger partial charge < -0.3 is 30.2 Å². The molecule has 0 spiro atoms. The molecule has 2 aromatic rings. The van der Waals surface area contributed by atoms with Crippen molar-refractivity contribution in [1.82, 2.24) is 20.9 Å². The van der Waals surface area contributed by atoms with Gasteiger partial charge >= 0.3 is 18.2 Å². The van der Waals surface area contributed by atoms with Crippen molar-refractivity contribution >= 4 is 18.2 Å². The number of alkyl carbamates (subject to hydrolysis) is 2. The number of amides is 2. The third-order valence-electron chi connectivity index (χ3n) is 7.43. The molecule has 0 atom stereocenters. The summed E-state index contributed by atoms with van der Waals surface area (Å²) in [6.45, 7) is 11.7. The third-order valence-corrected chi connectivity index (χ3v) is 7.43. The van der Waals surface area contributed by atoms with Crippen LogP contribution in [0.25, 0.3) is 0 Å². The first kappa shape index (κ1) is 37.6. The van der Waals surface area contributed by atoms with Crippen LogP contribution in [0.3, 0.4) is 0 Å². The Morgan fingerprint density at radius 1 is 0.756 bits per heavy atom. The zero-order valence-electron chi connectivity index (χ0n) is 26.5. The number of esters is 1. The molecule has 2 aliphatic heterocycles. The second-order valence-electron chi connectivity index (χ2n) is 12.4. The van der Waals surface area contributed by atoms with Crippen molar-refractivity contribution in [3.8, 4) is 0 Å². The Morgan fingerprint density at radius 2 is 1.20 bits per heavy atom. The maximum Gasteiger partial charge on any atom is 0.407 e. The Labute approximate surface area is 269 Å². The largest absolute Gasteiger partial charge is 0.459 e. The zero-order valence-corrected chi connectivity index (χ0v) is 26.5. The minimum absolute atomic E-state index is 0. The highest BCUT2D eigenvalue weighted by Crippen LogP contribution is 2.17. The molecule has 0 radical (unpaired) electrons.